The number of hydrazine groups is 1. The molecule has 0 fully saturated rings. The Morgan fingerprint density at radius 3 is 2.57 bits per heavy atom. The summed E-state index contributed by atoms with van der Waals surface area (Å²) in [4.78, 5) is 12.2. The average Bonchev–Trinajstić information content (AvgIpc) is 2.47. The molecule has 0 atom stereocenters. The van der Waals surface area contributed by atoms with Crippen LogP contribution in [0.5, 0.6) is 5.75 Å². The number of benzene rings is 2. The third-order valence-corrected chi connectivity index (χ3v) is 3.67. The molecule has 2 rings (SSSR count). The number of nitrogens with two attached hydrogens (primary N) is 1. The van der Waals surface area contributed by atoms with Crippen molar-refractivity contribution in [1.29, 1.82) is 0 Å². The first kappa shape index (κ1) is 15.3. The lowest BCUT2D eigenvalue weighted by molar-refractivity contribution is 0.102. The number of aryl methyl sites for hydroxylation is 1. The highest BCUT2D eigenvalue weighted by molar-refractivity contribution is 9.10. The van der Waals surface area contributed by atoms with Crippen LogP contribution in [0, 0.1) is 6.92 Å². The van der Waals surface area contributed by atoms with Gasteiger partial charge < -0.3 is 15.5 Å². The van der Waals surface area contributed by atoms with Crippen molar-refractivity contribution >= 4 is 33.2 Å². The predicted octanol–water partition coefficient (Wildman–Crippen LogP) is 3.30. The minimum Gasteiger partial charge on any atom is -0.496 e. The summed E-state index contributed by atoms with van der Waals surface area (Å²) >= 11 is 3.39. The van der Waals surface area contributed by atoms with Crippen LogP contribution in [0.2, 0.25) is 0 Å². The van der Waals surface area contributed by atoms with Gasteiger partial charge in [0.2, 0.25) is 0 Å². The van der Waals surface area contributed by atoms with Crippen LogP contribution in [0.15, 0.2) is 40.9 Å². The van der Waals surface area contributed by atoms with E-state index < -0.39 is 0 Å². The predicted molar refractivity (Wildman–Crippen MR) is 87.6 cm³/mol. The molecular weight excluding hydrogens is 334 g/mol. The van der Waals surface area contributed by atoms with E-state index in [1.54, 1.807) is 43.5 Å². The van der Waals surface area contributed by atoms with Crippen LogP contribution in [0.4, 0.5) is 11.4 Å². The van der Waals surface area contributed by atoms with Gasteiger partial charge >= 0.3 is 0 Å². The van der Waals surface area contributed by atoms with Gasteiger partial charge in [0.05, 0.1) is 17.3 Å². The number of ether oxygens (including phenoxy) is 1. The van der Waals surface area contributed by atoms with Gasteiger partial charge in [-0.05, 0) is 64.8 Å². The molecule has 4 N–H and O–H groups in total. The van der Waals surface area contributed by atoms with Gasteiger partial charge in [-0.25, -0.2) is 0 Å². The largest absolute Gasteiger partial charge is 0.496 e. The second-order valence-corrected chi connectivity index (χ2v) is 5.33. The topological polar surface area (TPSA) is 76.4 Å². The molecule has 0 unspecified atom stereocenters. The third-order valence-electron chi connectivity index (χ3n) is 3.05. The zero-order valence-corrected chi connectivity index (χ0v) is 13.3. The molecule has 21 heavy (non-hydrogen) atoms. The smallest absolute Gasteiger partial charge is 0.255 e. The summed E-state index contributed by atoms with van der Waals surface area (Å²) in [6.07, 6.45) is 0. The summed E-state index contributed by atoms with van der Waals surface area (Å²) in [6.45, 7) is 1.88. The molecule has 0 aliphatic carbocycles. The number of nitrogens with one attached hydrogen (secondary N) is 2. The Hall–Kier alpha value is -2.05. The summed E-state index contributed by atoms with van der Waals surface area (Å²) in [5, 5.41) is 2.84. The van der Waals surface area contributed by atoms with Crippen molar-refractivity contribution in [3.63, 3.8) is 0 Å². The van der Waals surface area contributed by atoms with Gasteiger partial charge in [0.25, 0.3) is 5.91 Å². The quantitative estimate of drug-likeness (QED) is 0.584. The maximum Gasteiger partial charge on any atom is 0.255 e. The van der Waals surface area contributed by atoms with E-state index in [0.29, 0.717) is 17.0 Å². The lowest BCUT2D eigenvalue weighted by atomic mass is 10.1. The molecule has 0 bridgehead atoms. The number of carbonyl (C=O) groups is 1. The van der Waals surface area contributed by atoms with Crippen molar-refractivity contribution in [2.45, 2.75) is 6.92 Å². The summed E-state index contributed by atoms with van der Waals surface area (Å²) in [6, 6.07) is 10.6. The van der Waals surface area contributed by atoms with Crippen molar-refractivity contribution in [2.24, 2.45) is 5.84 Å². The standard InChI is InChI=1S/C15H16BrN3O2/c1-9-7-10(3-5-13(9)19-17)15(20)18-11-4-6-14(21-2)12(16)8-11/h3-8,19H,17H2,1-2H3,(H,18,20). The van der Waals surface area contributed by atoms with Gasteiger partial charge in [-0.1, -0.05) is 0 Å². The first-order valence-corrected chi connectivity index (χ1v) is 7.06. The van der Waals surface area contributed by atoms with Gasteiger partial charge in [0.1, 0.15) is 5.75 Å². The fourth-order valence-electron chi connectivity index (χ4n) is 1.91. The normalized spacial score (nSPS) is 10.1. The molecule has 0 aliphatic heterocycles. The summed E-state index contributed by atoms with van der Waals surface area (Å²) < 4.78 is 5.93. The molecule has 0 heterocycles. The van der Waals surface area contributed by atoms with E-state index in [1.165, 1.54) is 0 Å². The maximum absolute atomic E-state index is 12.2. The Bertz CT molecular complexity index is 674. The fourth-order valence-corrected chi connectivity index (χ4v) is 2.45. The van der Waals surface area contributed by atoms with E-state index in [9.17, 15) is 4.79 Å². The summed E-state index contributed by atoms with van der Waals surface area (Å²) in [5.41, 5.74) is 5.53. The lowest BCUT2D eigenvalue weighted by Crippen LogP contribution is -2.13. The Morgan fingerprint density at radius 1 is 1.24 bits per heavy atom. The third kappa shape index (κ3) is 3.53. The van der Waals surface area contributed by atoms with Crippen LogP contribution in [0.25, 0.3) is 0 Å². The van der Waals surface area contributed by atoms with Crippen LogP contribution >= 0.6 is 15.9 Å². The Labute approximate surface area is 131 Å². The van der Waals surface area contributed by atoms with Crippen LogP contribution in [0.3, 0.4) is 0 Å². The molecule has 2 aromatic rings. The summed E-state index contributed by atoms with van der Waals surface area (Å²) in [7, 11) is 1.59. The Morgan fingerprint density at radius 2 is 2.00 bits per heavy atom. The zero-order chi connectivity index (χ0) is 15.4. The monoisotopic (exact) mass is 349 g/mol. The van der Waals surface area contributed by atoms with Gasteiger partial charge in [0.15, 0.2) is 0 Å². The number of amides is 1. The molecule has 2 aromatic carbocycles. The number of hydrogen-bond acceptors (Lipinski definition) is 4. The van der Waals surface area contributed by atoms with Gasteiger partial charge in [-0.2, -0.15) is 0 Å². The highest BCUT2D eigenvalue weighted by atomic mass is 79.9. The molecule has 0 aliphatic rings. The molecular formula is C15H16BrN3O2. The summed E-state index contributed by atoms with van der Waals surface area (Å²) in [5.74, 6) is 5.91. The number of nitrogen functional groups attached to an aromatic ring is 1. The van der Waals surface area contributed by atoms with Crippen molar-refractivity contribution in [3.05, 3.63) is 52.0 Å². The van der Waals surface area contributed by atoms with E-state index in [4.69, 9.17) is 10.6 Å². The van der Waals surface area contributed by atoms with E-state index >= 15 is 0 Å². The highest BCUT2D eigenvalue weighted by Crippen LogP contribution is 2.28. The average molecular weight is 350 g/mol. The highest BCUT2D eigenvalue weighted by Gasteiger charge is 2.09. The van der Waals surface area contributed by atoms with Crippen LogP contribution in [-0.2, 0) is 0 Å². The molecule has 0 aromatic heterocycles. The molecule has 0 radical (unpaired) electrons. The Balaban J connectivity index is 2.18. The van der Waals surface area contributed by atoms with Crippen molar-refractivity contribution in [2.75, 3.05) is 17.9 Å². The van der Waals surface area contributed by atoms with E-state index in [1.807, 2.05) is 6.92 Å². The number of methoxy groups -OCH3 is 1. The number of halogens is 1. The second kappa shape index (κ2) is 6.60. The first-order chi connectivity index (χ1) is 10.0. The van der Waals surface area contributed by atoms with E-state index in [2.05, 4.69) is 26.7 Å². The molecule has 0 saturated carbocycles. The molecule has 6 heteroatoms. The second-order valence-electron chi connectivity index (χ2n) is 4.48. The maximum atomic E-state index is 12.2. The minimum absolute atomic E-state index is 0.182. The fraction of sp³-hybridized carbons (Fsp3) is 0.133. The first-order valence-electron chi connectivity index (χ1n) is 6.27. The van der Waals surface area contributed by atoms with E-state index in [-0.39, 0.29) is 5.91 Å². The van der Waals surface area contributed by atoms with Crippen molar-refractivity contribution in [1.82, 2.24) is 0 Å². The van der Waals surface area contributed by atoms with Crippen molar-refractivity contribution < 1.29 is 9.53 Å². The minimum atomic E-state index is -0.182. The van der Waals surface area contributed by atoms with Crippen LogP contribution in [-0.4, -0.2) is 13.0 Å². The number of anilines is 2. The van der Waals surface area contributed by atoms with Crippen molar-refractivity contribution in [3.8, 4) is 5.75 Å². The molecule has 110 valence electrons. The lowest BCUT2D eigenvalue weighted by Gasteiger charge is -2.10. The molecule has 1 amide bonds. The number of hydrogen-bond donors (Lipinski definition) is 3. The SMILES string of the molecule is COc1ccc(NC(=O)c2ccc(NN)c(C)c2)cc1Br. The number of rotatable bonds is 4. The van der Waals surface area contributed by atoms with Gasteiger partial charge in [-0.3, -0.25) is 10.6 Å². The molecule has 0 spiro atoms. The molecule has 0 saturated heterocycles. The number of carbonyl (C=O) groups excluding carboxylic acids is 1. The Kier molecular flexibility index (Phi) is 4.82. The zero-order valence-electron chi connectivity index (χ0n) is 11.7. The molecule has 5 nitrogen and oxygen atoms in total. The van der Waals surface area contributed by atoms with Crippen LogP contribution in [0.1, 0.15) is 15.9 Å². The van der Waals surface area contributed by atoms with Gasteiger partial charge in [0, 0.05) is 11.3 Å². The van der Waals surface area contributed by atoms with Crippen LogP contribution < -0.4 is 21.3 Å². The van der Waals surface area contributed by atoms with Gasteiger partial charge in [-0.15, -0.1) is 0 Å². The van der Waals surface area contributed by atoms with E-state index in [0.717, 1.165) is 15.7 Å².